The topological polar surface area (TPSA) is 80.6 Å². The Morgan fingerprint density at radius 1 is 1.11 bits per heavy atom. The number of aliphatic imine (C=N–C) groups is 1. The average Bonchev–Trinajstić information content (AvgIpc) is 3.30. The van der Waals surface area contributed by atoms with Gasteiger partial charge in [-0.05, 0) is 55.1 Å². The molecule has 0 spiro atoms. The van der Waals surface area contributed by atoms with Crippen LogP contribution in [0.5, 0.6) is 0 Å². The van der Waals surface area contributed by atoms with Crippen molar-refractivity contribution >= 4 is 29.6 Å². The summed E-state index contributed by atoms with van der Waals surface area (Å²) in [6.45, 7) is 8.28. The summed E-state index contributed by atoms with van der Waals surface area (Å²) in [5, 5.41) is 3.41. The summed E-state index contributed by atoms with van der Waals surface area (Å²) in [5.41, 5.74) is 10.1. The van der Waals surface area contributed by atoms with Gasteiger partial charge in [0.05, 0.1) is 12.1 Å². The third kappa shape index (κ3) is 6.19. The fourth-order valence-corrected chi connectivity index (χ4v) is 5.10. The first-order valence-electron chi connectivity index (χ1n) is 12.8. The molecule has 3 aromatic rings. The highest BCUT2D eigenvalue weighted by Crippen LogP contribution is 2.30. The van der Waals surface area contributed by atoms with E-state index in [0.29, 0.717) is 41.0 Å². The Bertz CT molecular complexity index is 1380. The van der Waals surface area contributed by atoms with Gasteiger partial charge >= 0.3 is 5.69 Å². The number of nitrogens with two attached hydrogens (primary N) is 1. The third-order valence-corrected chi connectivity index (χ3v) is 7.27. The number of nitrogens with one attached hydrogen (secondary N) is 1. The molecule has 1 unspecified atom stereocenters. The number of likely N-dealkylation sites (tertiary alicyclic amines) is 1. The molecule has 1 aliphatic rings. The van der Waals surface area contributed by atoms with Gasteiger partial charge in [0.25, 0.3) is 0 Å². The summed E-state index contributed by atoms with van der Waals surface area (Å²) in [6, 6.07) is 19.0. The summed E-state index contributed by atoms with van der Waals surface area (Å²) < 4.78 is 3.43. The summed E-state index contributed by atoms with van der Waals surface area (Å²) >= 11 is 5.73. The first-order valence-corrected chi connectivity index (χ1v) is 13.2. The number of benzene rings is 2. The Hall–Kier alpha value is -3.23. The first kappa shape index (κ1) is 26.8. The van der Waals surface area contributed by atoms with Crippen molar-refractivity contribution in [3.05, 3.63) is 86.4 Å². The molecule has 196 valence electrons. The van der Waals surface area contributed by atoms with Gasteiger partial charge in [0.1, 0.15) is 16.3 Å². The largest absolute Gasteiger partial charge is 0.384 e. The number of hydrogen-bond donors (Lipinski definition) is 2. The molecule has 0 radical (unpaired) electrons. The van der Waals surface area contributed by atoms with Crippen LogP contribution in [0.1, 0.15) is 56.3 Å². The first-order chi connectivity index (χ1) is 17.5. The highest BCUT2D eigenvalue weighted by Gasteiger charge is 2.23. The van der Waals surface area contributed by atoms with Crippen molar-refractivity contribution in [3.8, 4) is 0 Å². The molecule has 0 aliphatic carbocycles. The van der Waals surface area contributed by atoms with Gasteiger partial charge < -0.3 is 11.1 Å². The maximum absolute atomic E-state index is 13.1. The monoisotopic (exact) mass is 518 g/mol. The van der Waals surface area contributed by atoms with Crippen LogP contribution in [0.3, 0.4) is 0 Å². The molecule has 0 amide bonds. The lowest BCUT2D eigenvalue weighted by Gasteiger charge is -2.24. The van der Waals surface area contributed by atoms with E-state index in [1.165, 1.54) is 23.0 Å². The van der Waals surface area contributed by atoms with Gasteiger partial charge in [-0.1, -0.05) is 75.5 Å². The van der Waals surface area contributed by atoms with Gasteiger partial charge in [-0.2, -0.15) is 0 Å². The summed E-state index contributed by atoms with van der Waals surface area (Å²) in [5.74, 6) is 0.872. The van der Waals surface area contributed by atoms with Crippen molar-refractivity contribution in [2.75, 3.05) is 24.6 Å². The highest BCUT2D eigenvalue weighted by atomic mass is 32.1. The van der Waals surface area contributed by atoms with E-state index < -0.39 is 0 Å². The van der Waals surface area contributed by atoms with Crippen molar-refractivity contribution in [2.45, 2.75) is 52.7 Å². The fraction of sp³-hybridized carbons (Fsp3) is 0.414. The van der Waals surface area contributed by atoms with E-state index in [4.69, 9.17) is 22.9 Å². The molecule has 1 aliphatic heterocycles. The smallest absolute Gasteiger partial charge is 0.330 e. The Labute approximate surface area is 224 Å². The Morgan fingerprint density at radius 2 is 1.78 bits per heavy atom. The van der Waals surface area contributed by atoms with Crippen LogP contribution in [0.15, 0.2) is 64.4 Å². The SMILES string of the molecule is CN1CCCC1c1ccc(CN=C(Nc2ccccc2)c2c(N)n(CC(C)(C)C)c(=O)n(C)c2=S)cc1. The van der Waals surface area contributed by atoms with Gasteiger partial charge in [0, 0.05) is 25.3 Å². The lowest BCUT2D eigenvalue weighted by Crippen LogP contribution is -2.37. The molecule has 2 heterocycles. The summed E-state index contributed by atoms with van der Waals surface area (Å²) in [4.78, 5) is 20.4. The van der Waals surface area contributed by atoms with Gasteiger partial charge in [-0.25, -0.2) is 4.79 Å². The number of aromatic nitrogens is 2. The molecule has 1 fully saturated rings. The van der Waals surface area contributed by atoms with Crippen LogP contribution in [0.4, 0.5) is 11.5 Å². The Balaban J connectivity index is 1.74. The minimum absolute atomic E-state index is 0.148. The van der Waals surface area contributed by atoms with Gasteiger partial charge in [-0.15, -0.1) is 0 Å². The molecule has 1 saturated heterocycles. The van der Waals surface area contributed by atoms with E-state index in [9.17, 15) is 4.79 Å². The van der Waals surface area contributed by atoms with E-state index in [-0.39, 0.29) is 11.1 Å². The number of nitrogens with zero attached hydrogens (tertiary/aromatic N) is 4. The molecule has 8 heteroatoms. The number of amidine groups is 1. The van der Waals surface area contributed by atoms with Crippen LogP contribution in [-0.2, 0) is 20.1 Å². The highest BCUT2D eigenvalue weighted by molar-refractivity contribution is 7.71. The molecular formula is C29H38N6OS. The van der Waals surface area contributed by atoms with Crippen molar-refractivity contribution in [1.29, 1.82) is 0 Å². The molecule has 2 aromatic carbocycles. The lowest BCUT2D eigenvalue weighted by molar-refractivity contribution is 0.317. The van der Waals surface area contributed by atoms with Crippen LogP contribution in [0.2, 0.25) is 0 Å². The number of rotatable bonds is 6. The number of anilines is 2. The standard InChI is InChI=1S/C29H38N6OS/c1-29(2,3)19-35-25(30)24(27(37)34(5)28(35)36)26(32-22-10-7-6-8-11-22)31-18-20-13-15-21(16-14-20)23-12-9-17-33(23)4/h6-8,10-11,13-16,23H,9,12,17-19,30H2,1-5H3,(H,31,32). The molecular weight excluding hydrogens is 480 g/mol. The van der Waals surface area contributed by atoms with Crippen LogP contribution in [-0.4, -0.2) is 33.5 Å². The predicted octanol–water partition coefficient (Wildman–Crippen LogP) is 5.37. The molecule has 1 atom stereocenters. The van der Waals surface area contributed by atoms with Crippen molar-refractivity contribution in [3.63, 3.8) is 0 Å². The Morgan fingerprint density at radius 3 is 2.38 bits per heavy atom. The second-order valence-electron chi connectivity index (χ2n) is 11.1. The van der Waals surface area contributed by atoms with Crippen LogP contribution >= 0.6 is 12.2 Å². The number of hydrogen-bond acceptors (Lipinski definition) is 5. The van der Waals surface area contributed by atoms with Crippen LogP contribution in [0.25, 0.3) is 0 Å². The third-order valence-electron chi connectivity index (χ3n) is 6.79. The number of para-hydroxylation sites is 1. The lowest BCUT2D eigenvalue weighted by atomic mass is 9.97. The van der Waals surface area contributed by atoms with E-state index in [2.05, 4.69) is 62.3 Å². The minimum Gasteiger partial charge on any atom is -0.384 e. The molecule has 37 heavy (non-hydrogen) atoms. The Kier molecular flexibility index (Phi) is 7.99. The van der Waals surface area contributed by atoms with Crippen molar-refractivity contribution in [2.24, 2.45) is 17.5 Å². The summed E-state index contributed by atoms with van der Waals surface area (Å²) in [7, 11) is 3.87. The maximum Gasteiger partial charge on any atom is 0.330 e. The normalized spacial score (nSPS) is 16.8. The molecule has 0 bridgehead atoms. The van der Waals surface area contributed by atoms with Crippen molar-refractivity contribution in [1.82, 2.24) is 14.0 Å². The summed E-state index contributed by atoms with van der Waals surface area (Å²) in [6.07, 6.45) is 2.43. The molecule has 7 nitrogen and oxygen atoms in total. The maximum atomic E-state index is 13.1. The minimum atomic E-state index is -0.229. The van der Waals surface area contributed by atoms with Crippen LogP contribution in [0, 0.1) is 10.1 Å². The number of nitrogen functional groups attached to an aromatic ring is 1. The second-order valence-corrected chi connectivity index (χ2v) is 11.5. The zero-order valence-electron chi connectivity index (χ0n) is 22.5. The molecule has 3 N–H and O–H groups in total. The zero-order chi connectivity index (χ0) is 26.7. The van der Waals surface area contributed by atoms with E-state index >= 15 is 0 Å². The van der Waals surface area contributed by atoms with Gasteiger partial charge in [-0.3, -0.25) is 19.0 Å². The zero-order valence-corrected chi connectivity index (χ0v) is 23.3. The van der Waals surface area contributed by atoms with Crippen LogP contribution < -0.4 is 16.7 Å². The van der Waals surface area contributed by atoms with Crippen molar-refractivity contribution < 1.29 is 0 Å². The average molecular weight is 519 g/mol. The molecule has 0 saturated carbocycles. The fourth-order valence-electron chi connectivity index (χ4n) is 4.82. The van der Waals surface area contributed by atoms with E-state index in [1.54, 1.807) is 11.6 Å². The van der Waals surface area contributed by atoms with E-state index in [0.717, 1.165) is 17.8 Å². The van der Waals surface area contributed by atoms with E-state index in [1.807, 2.05) is 30.3 Å². The van der Waals surface area contributed by atoms with Gasteiger partial charge in [0.15, 0.2) is 0 Å². The molecule has 4 rings (SSSR count). The quantitative estimate of drug-likeness (QED) is 0.261. The molecule has 1 aromatic heterocycles. The van der Waals surface area contributed by atoms with Gasteiger partial charge in [0.2, 0.25) is 0 Å². The second kappa shape index (κ2) is 11.0. The predicted molar refractivity (Wildman–Crippen MR) is 156 cm³/mol.